The monoisotopic (exact) mass is 454 g/mol. The first kappa shape index (κ1) is 22.4. The molecule has 2 aliphatic rings. The van der Waals surface area contributed by atoms with E-state index in [1.165, 1.54) is 0 Å². The summed E-state index contributed by atoms with van der Waals surface area (Å²) in [6.07, 6.45) is 3.21. The quantitative estimate of drug-likeness (QED) is 0.523. The fraction of sp³-hybridized carbons (Fsp3) is 0.310. The van der Waals surface area contributed by atoms with Crippen molar-refractivity contribution in [3.63, 3.8) is 0 Å². The molecule has 3 aromatic carbocycles. The molecule has 34 heavy (non-hydrogen) atoms. The minimum Gasteiger partial charge on any atom is -0.369 e. The van der Waals surface area contributed by atoms with Gasteiger partial charge < -0.3 is 15.8 Å². The van der Waals surface area contributed by atoms with E-state index in [0.717, 1.165) is 29.5 Å². The zero-order valence-corrected chi connectivity index (χ0v) is 19.2. The van der Waals surface area contributed by atoms with Gasteiger partial charge in [-0.15, -0.1) is 0 Å². The topological polar surface area (TPSA) is 84.7 Å². The van der Waals surface area contributed by atoms with Crippen LogP contribution in [0, 0.1) is 11.8 Å². The lowest BCUT2D eigenvalue weighted by Crippen LogP contribution is -2.45. The van der Waals surface area contributed by atoms with Crippen molar-refractivity contribution < 1.29 is 14.3 Å². The van der Waals surface area contributed by atoms with Gasteiger partial charge in [-0.25, -0.2) is 0 Å². The Bertz CT molecular complexity index is 1110. The maximum Gasteiger partial charge on any atom is 0.224 e. The highest BCUT2D eigenvalue weighted by atomic mass is 16.6. The standard InChI is InChI=1S/C29H30N2O3/c30-26(32)24-18-10-11-19-25(24)27(33)31-20-28(21-12-4-1-5-13-21)29(34-28,22-14-6-2-7-15-22)23-16-8-3-9-17-23/h1-9,12-17,24-25H,10-11,18-20H2,(H2,30,32)(H,31,33). The van der Waals surface area contributed by atoms with Gasteiger partial charge in [-0.05, 0) is 29.5 Å². The molecule has 3 atom stereocenters. The van der Waals surface area contributed by atoms with E-state index in [4.69, 9.17) is 10.5 Å². The Labute approximate surface area is 200 Å². The molecule has 1 saturated carbocycles. The van der Waals surface area contributed by atoms with E-state index in [0.29, 0.717) is 19.4 Å². The first-order valence-electron chi connectivity index (χ1n) is 12.0. The van der Waals surface area contributed by atoms with E-state index in [-0.39, 0.29) is 17.7 Å². The average Bonchev–Trinajstić information content (AvgIpc) is 3.60. The summed E-state index contributed by atoms with van der Waals surface area (Å²) in [5.74, 6) is -1.30. The lowest BCUT2D eigenvalue weighted by Gasteiger charge is -2.29. The van der Waals surface area contributed by atoms with Gasteiger partial charge in [-0.2, -0.15) is 0 Å². The summed E-state index contributed by atoms with van der Waals surface area (Å²) < 4.78 is 6.76. The number of carbonyl (C=O) groups is 2. The van der Waals surface area contributed by atoms with Crippen molar-refractivity contribution in [2.24, 2.45) is 17.6 Å². The van der Waals surface area contributed by atoms with Gasteiger partial charge in [0.15, 0.2) is 5.60 Å². The van der Waals surface area contributed by atoms with Crippen LogP contribution in [-0.4, -0.2) is 18.4 Å². The first-order valence-corrected chi connectivity index (χ1v) is 12.0. The third-order valence-electron chi connectivity index (χ3n) is 7.43. The number of benzene rings is 3. The Morgan fingerprint density at radius 1 is 0.765 bits per heavy atom. The number of hydrogen-bond donors (Lipinski definition) is 2. The number of nitrogens with two attached hydrogens (primary N) is 1. The number of carbonyl (C=O) groups excluding carboxylic acids is 2. The van der Waals surface area contributed by atoms with Crippen LogP contribution < -0.4 is 11.1 Å². The average molecular weight is 455 g/mol. The Hall–Kier alpha value is -3.44. The zero-order valence-electron chi connectivity index (χ0n) is 19.2. The molecule has 1 heterocycles. The van der Waals surface area contributed by atoms with Crippen LogP contribution in [0.15, 0.2) is 91.0 Å². The predicted molar refractivity (Wildman–Crippen MR) is 131 cm³/mol. The van der Waals surface area contributed by atoms with E-state index in [2.05, 4.69) is 29.6 Å². The summed E-state index contributed by atoms with van der Waals surface area (Å²) in [7, 11) is 0. The molecule has 2 fully saturated rings. The van der Waals surface area contributed by atoms with Gasteiger partial charge in [-0.3, -0.25) is 9.59 Å². The van der Waals surface area contributed by atoms with Gasteiger partial charge in [0, 0.05) is 11.8 Å². The van der Waals surface area contributed by atoms with Crippen LogP contribution in [0.1, 0.15) is 42.4 Å². The van der Waals surface area contributed by atoms with E-state index in [9.17, 15) is 9.59 Å². The minimum atomic E-state index is -0.774. The second-order valence-corrected chi connectivity index (χ2v) is 9.33. The summed E-state index contributed by atoms with van der Waals surface area (Å²) in [6, 6.07) is 30.4. The number of epoxide rings is 1. The van der Waals surface area contributed by atoms with Crippen LogP contribution in [0.5, 0.6) is 0 Å². The lowest BCUT2D eigenvalue weighted by atomic mass is 9.76. The predicted octanol–water partition coefficient (Wildman–Crippen LogP) is 4.26. The van der Waals surface area contributed by atoms with E-state index < -0.39 is 17.1 Å². The second kappa shape index (κ2) is 9.07. The van der Waals surface area contributed by atoms with E-state index in [1.807, 2.05) is 66.7 Å². The molecule has 3 N–H and O–H groups in total. The molecule has 3 aromatic rings. The molecule has 5 heteroatoms. The van der Waals surface area contributed by atoms with Crippen LogP contribution in [0.3, 0.4) is 0 Å². The van der Waals surface area contributed by atoms with Gasteiger partial charge in [0.2, 0.25) is 11.8 Å². The second-order valence-electron chi connectivity index (χ2n) is 9.33. The Morgan fingerprint density at radius 3 is 1.74 bits per heavy atom. The lowest BCUT2D eigenvalue weighted by molar-refractivity contribution is -0.135. The SMILES string of the molecule is NC(=O)C1CCCCC1C(=O)NCC1(c2ccccc2)OC1(c1ccccc1)c1ccccc1. The highest BCUT2D eigenvalue weighted by molar-refractivity contribution is 5.87. The molecule has 1 aliphatic carbocycles. The number of amides is 2. The normalized spacial score (nSPS) is 25.3. The van der Waals surface area contributed by atoms with E-state index >= 15 is 0 Å². The van der Waals surface area contributed by atoms with Crippen molar-refractivity contribution in [1.29, 1.82) is 0 Å². The first-order chi connectivity index (χ1) is 16.6. The molecule has 5 nitrogen and oxygen atoms in total. The fourth-order valence-corrected chi connectivity index (χ4v) is 5.69. The number of primary amides is 1. The summed E-state index contributed by atoms with van der Waals surface area (Å²) in [5.41, 5.74) is 7.19. The minimum absolute atomic E-state index is 0.121. The van der Waals surface area contributed by atoms with Crippen molar-refractivity contribution in [3.8, 4) is 0 Å². The van der Waals surface area contributed by atoms with Crippen LogP contribution in [0.25, 0.3) is 0 Å². The molecule has 5 rings (SSSR count). The summed E-state index contributed by atoms with van der Waals surface area (Å²) >= 11 is 0. The maximum atomic E-state index is 13.3. The van der Waals surface area contributed by atoms with Crippen LogP contribution in [0.4, 0.5) is 0 Å². The number of ether oxygens (including phenoxy) is 1. The fourth-order valence-electron chi connectivity index (χ4n) is 5.69. The Kier molecular flexibility index (Phi) is 5.96. The molecule has 174 valence electrons. The van der Waals surface area contributed by atoms with Gasteiger partial charge in [-0.1, -0.05) is 104 Å². The molecule has 0 radical (unpaired) electrons. The summed E-state index contributed by atoms with van der Waals surface area (Å²) in [6.45, 7) is 0.293. The van der Waals surface area contributed by atoms with Crippen molar-refractivity contribution >= 4 is 11.8 Å². The zero-order chi connectivity index (χ0) is 23.6. The van der Waals surface area contributed by atoms with Crippen LogP contribution >= 0.6 is 0 Å². The van der Waals surface area contributed by atoms with Gasteiger partial charge in [0.25, 0.3) is 0 Å². The molecule has 0 bridgehead atoms. The highest BCUT2D eigenvalue weighted by Gasteiger charge is 2.72. The van der Waals surface area contributed by atoms with Crippen molar-refractivity contribution in [2.75, 3.05) is 6.54 Å². The third kappa shape index (κ3) is 3.70. The third-order valence-corrected chi connectivity index (χ3v) is 7.43. The maximum absolute atomic E-state index is 13.3. The van der Waals surface area contributed by atoms with E-state index in [1.54, 1.807) is 0 Å². The van der Waals surface area contributed by atoms with Crippen LogP contribution in [0.2, 0.25) is 0 Å². The van der Waals surface area contributed by atoms with Crippen LogP contribution in [-0.2, 0) is 25.5 Å². The number of nitrogens with one attached hydrogen (secondary N) is 1. The van der Waals surface area contributed by atoms with Gasteiger partial charge in [0.05, 0.1) is 6.54 Å². The molecule has 0 spiro atoms. The molecular weight excluding hydrogens is 424 g/mol. The molecule has 0 aromatic heterocycles. The van der Waals surface area contributed by atoms with Gasteiger partial charge >= 0.3 is 0 Å². The molecule has 2 amide bonds. The highest BCUT2D eigenvalue weighted by Crippen LogP contribution is 2.65. The molecule has 1 aliphatic heterocycles. The summed E-state index contributed by atoms with van der Waals surface area (Å²) in [4.78, 5) is 25.3. The number of hydrogen-bond acceptors (Lipinski definition) is 3. The Morgan fingerprint density at radius 2 is 1.24 bits per heavy atom. The molecule has 3 unspecified atom stereocenters. The Balaban J connectivity index is 1.52. The van der Waals surface area contributed by atoms with Crippen molar-refractivity contribution in [3.05, 3.63) is 108 Å². The summed E-state index contributed by atoms with van der Waals surface area (Å²) in [5, 5.41) is 3.16. The molecular formula is C29H30N2O3. The smallest absolute Gasteiger partial charge is 0.224 e. The van der Waals surface area contributed by atoms with Crippen molar-refractivity contribution in [2.45, 2.75) is 36.9 Å². The number of rotatable bonds is 7. The molecule has 1 saturated heterocycles. The van der Waals surface area contributed by atoms with Crippen molar-refractivity contribution in [1.82, 2.24) is 5.32 Å². The largest absolute Gasteiger partial charge is 0.369 e. The van der Waals surface area contributed by atoms with Gasteiger partial charge in [0.1, 0.15) is 5.60 Å².